The van der Waals surface area contributed by atoms with Gasteiger partial charge in [0, 0.05) is 15.6 Å². The Morgan fingerprint density at radius 1 is 1.06 bits per heavy atom. The van der Waals surface area contributed by atoms with Crippen LogP contribution in [-0.4, -0.2) is 24.7 Å². The SMILES string of the molecule is COc1ccc(NC(=O)CSc2ccccc2C)cc1NC(=O)c1ccc(Cl)cc1F. The first-order chi connectivity index (χ1) is 14.9. The first kappa shape index (κ1) is 22.7. The van der Waals surface area contributed by atoms with Crippen LogP contribution in [0.25, 0.3) is 0 Å². The van der Waals surface area contributed by atoms with E-state index in [0.717, 1.165) is 16.5 Å². The van der Waals surface area contributed by atoms with E-state index in [0.29, 0.717) is 17.1 Å². The number of halogens is 2. The summed E-state index contributed by atoms with van der Waals surface area (Å²) in [7, 11) is 1.45. The van der Waals surface area contributed by atoms with Gasteiger partial charge in [0.1, 0.15) is 11.6 Å². The highest BCUT2D eigenvalue weighted by Crippen LogP contribution is 2.29. The van der Waals surface area contributed by atoms with E-state index in [1.165, 1.54) is 31.0 Å². The highest BCUT2D eigenvalue weighted by molar-refractivity contribution is 8.00. The third kappa shape index (κ3) is 5.99. The van der Waals surface area contributed by atoms with Crippen molar-refractivity contribution in [3.63, 3.8) is 0 Å². The van der Waals surface area contributed by atoms with Gasteiger partial charge in [-0.3, -0.25) is 9.59 Å². The summed E-state index contributed by atoms with van der Waals surface area (Å²) in [5, 5.41) is 5.60. The average molecular weight is 459 g/mol. The number of carbonyl (C=O) groups is 2. The predicted octanol–water partition coefficient (Wildman–Crippen LogP) is 5.78. The van der Waals surface area contributed by atoms with Crippen LogP contribution in [0.2, 0.25) is 5.02 Å². The van der Waals surface area contributed by atoms with E-state index in [4.69, 9.17) is 16.3 Å². The summed E-state index contributed by atoms with van der Waals surface area (Å²) in [6.07, 6.45) is 0. The molecule has 0 aromatic heterocycles. The van der Waals surface area contributed by atoms with Crippen LogP contribution in [0.1, 0.15) is 15.9 Å². The molecule has 160 valence electrons. The molecule has 3 rings (SSSR count). The van der Waals surface area contributed by atoms with Gasteiger partial charge in [-0.25, -0.2) is 4.39 Å². The van der Waals surface area contributed by atoms with E-state index in [2.05, 4.69) is 10.6 Å². The Bertz CT molecular complexity index is 1120. The maximum absolute atomic E-state index is 14.1. The maximum atomic E-state index is 14.1. The Hall–Kier alpha value is -3.03. The number of amides is 2. The minimum atomic E-state index is -0.735. The smallest absolute Gasteiger partial charge is 0.258 e. The van der Waals surface area contributed by atoms with Crippen LogP contribution in [-0.2, 0) is 4.79 Å². The lowest BCUT2D eigenvalue weighted by Gasteiger charge is -2.13. The normalized spacial score (nSPS) is 10.5. The first-order valence-corrected chi connectivity index (χ1v) is 10.7. The summed E-state index contributed by atoms with van der Waals surface area (Å²) in [6, 6.07) is 16.4. The van der Waals surface area contributed by atoms with Gasteiger partial charge in [0.05, 0.1) is 24.1 Å². The molecule has 3 aromatic carbocycles. The molecule has 0 aliphatic rings. The van der Waals surface area contributed by atoms with Gasteiger partial charge in [0.15, 0.2) is 0 Å². The quantitative estimate of drug-likeness (QED) is 0.440. The molecule has 0 bridgehead atoms. The van der Waals surface area contributed by atoms with Gasteiger partial charge in [-0.1, -0.05) is 29.8 Å². The molecule has 2 amide bonds. The summed E-state index contributed by atoms with van der Waals surface area (Å²) < 4.78 is 19.3. The zero-order valence-corrected chi connectivity index (χ0v) is 18.4. The van der Waals surface area contributed by atoms with Crippen molar-refractivity contribution in [1.82, 2.24) is 0 Å². The van der Waals surface area contributed by atoms with Crippen LogP contribution in [0.4, 0.5) is 15.8 Å². The molecule has 0 unspecified atom stereocenters. The second-order valence-electron chi connectivity index (χ2n) is 6.60. The summed E-state index contributed by atoms with van der Waals surface area (Å²) in [5.74, 6) is -0.990. The van der Waals surface area contributed by atoms with Crippen LogP contribution < -0.4 is 15.4 Å². The van der Waals surface area contributed by atoms with Gasteiger partial charge >= 0.3 is 0 Å². The molecule has 0 saturated carbocycles. The molecular weight excluding hydrogens is 439 g/mol. The van der Waals surface area contributed by atoms with Crippen LogP contribution in [0.15, 0.2) is 65.6 Å². The van der Waals surface area contributed by atoms with Crippen LogP contribution in [0.3, 0.4) is 0 Å². The Morgan fingerprint density at radius 3 is 2.55 bits per heavy atom. The number of rotatable bonds is 7. The van der Waals surface area contributed by atoms with Crippen LogP contribution >= 0.6 is 23.4 Å². The average Bonchev–Trinajstić information content (AvgIpc) is 2.73. The highest BCUT2D eigenvalue weighted by Gasteiger charge is 2.15. The fraction of sp³-hybridized carbons (Fsp3) is 0.130. The van der Waals surface area contributed by atoms with Crippen molar-refractivity contribution in [1.29, 1.82) is 0 Å². The highest BCUT2D eigenvalue weighted by atomic mass is 35.5. The Labute approximate surface area is 188 Å². The number of benzene rings is 3. The number of ether oxygens (including phenoxy) is 1. The topological polar surface area (TPSA) is 67.4 Å². The third-order valence-electron chi connectivity index (χ3n) is 4.36. The van der Waals surface area contributed by atoms with Gasteiger partial charge in [0.2, 0.25) is 5.91 Å². The van der Waals surface area contributed by atoms with Crippen molar-refractivity contribution in [3.05, 3.63) is 82.6 Å². The Balaban J connectivity index is 1.70. The first-order valence-electron chi connectivity index (χ1n) is 9.30. The van der Waals surface area contributed by atoms with Gasteiger partial charge in [-0.05, 0) is 55.0 Å². The monoisotopic (exact) mass is 458 g/mol. The van der Waals surface area contributed by atoms with Crippen molar-refractivity contribution in [2.75, 3.05) is 23.5 Å². The summed E-state index contributed by atoms with van der Waals surface area (Å²) in [5.41, 5.74) is 1.72. The standard InChI is InChI=1S/C23H20ClFN2O3S/c1-14-5-3-4-6-21(14)31-13-22(28)26-16-8-10-20(30-2)19(12-16)27-23(29)17-9-7-15(24)11-18(17)25/h3-12H,13H2,1-2H3,(H,26,28)(H,27,29). The van der Waals surface area contributed by atoms with Gasteiger partial charge in [-0.2, -0.15) is 0 Å². The fourth-order valence-corrected chi connectivity index (χ4v) is 3.79. The van der Waals surface area contributed by atoms with Crippen molar-refractivity contribution in [2.24, 2.45) is 0 Å². The number of nitrogens with one attached hydrogen (secondary N) is 2. The molecule has 0 radical (unpaired) electrons. The summed E-state index contributed by atoms with van der Waals surface area (Å²) in [6.45, 7) is 1.99. The summed E-state index contributed by atoms with van der Waals surface area (Å²) >= 11 is 7.18. The van der Waals surface area contributed by atoms with Gasteiger partial charge < -0.3 is 15.4 Å². The number of hydrogen-bond donors (Lipinski definition) is 2. The molecule has 0 aliphatic carbocycles. The lowest BCUT2D eigenvalue weighted by atomic mass is 10.2. The minimum Gasteiger partial charge on any atom is -0.495 e. The van der Waals surface area contributed by atoms with Gasteiger partial charge in [-0.15, -0.1) is 11.8 Å². The van der Waals surface area contributed by atoms with Crippen molar-refractivity contribution >= 4 is 46.6 Å². The number of aryl methyl sites for hydroxylation is 1. The van der Waals surface area contributed by atoms with Crippen molar-refractivity contribution in [3.8, 4) is 5.75 Å². The molecule has 3 aromatic rings. The number of hydrogen-bond acceptors (Lipinski definition) is 4. The minimum absolute atomic E-state index is 0.157. The van der Waals surface area contributed by atoms with Crippen LogP contribution in [0, 0.1) is 12.7 Å². The molecular formula is C23H20ClFN2O3S. The Kier molecular flexibility index (Phi) is 7.55. The molecule has 0 aliphatic heterocycles. The largest absolute Gasteiger partial charge is 0.495 e. The van der Waals surface area contributed by atoms with Crippen molar-refractivity contribution in [2.45, 2.75) is 11.8 Å². The van der Waals surface area contributed by atoms with E-state index >= 15 is 0 Å². The number of thioether (sulfide) groups is 1. The second-order valence-corrected chi connectivity index (χ2v) is 8.05. The van der Waals surface area contributed by atoms with E-state index < -0.39 is 11.7 Å². The van der Waals surface area contributed by atoms with E-state index in [1.807, 2.05) is 31.2 Å². The predicted molar refractivity (Wildman–Crippen MR) is 123 cm³/mol. The zero-order valence-electron chi connectivity index (χ0n) is 16.9. The molecule has 0 fully saturated rings. The molecule has 31 heavy (non-hydrogen) atoms. The lowest BCUT2D eigenvalue weighted by Crippen LogP contribution is -2.16. The van der Waals surface area contributed by atoms with Crippen LogP contribution in [0.5, 0.6) is 5.75 Å². The molecule has 0 heterocycles. The third-order valence-corrected chi connectivity index (χ3v) is 5.77. The molecule has 0 atom stereocenters. The fourth-order valence-electron chi connectivity index (χ4n) is 2.81. The summed E-state index contributed by atoms with van der Waals surface area (Å²) in [4.78, 5) is 25.9. The Morgan fingerprint density at radius 2 is 1.84 bits per heavy atom. The van der Waals surface area contributed by atoms with Crippen molar-refractivity contribution < 1.29 is 18.7 Å². The molecule has 8 heteroatoms. The maximum Gasteiger partial charge on any atom is 0.258 e. The van der Waals surface area contributed by atoms with E-state index in [9.17, 15) is 14.0 Å². The number of anilines is 2. The molecule has 0 spiro atoms. The number of carbonyl (C=O) groups excluding carboxylic acids is 2. The van der Waals surface area contributed by atoms with Gasteiger partial charge in [0.25, 0.3) is 5.91 Å². The zero-order chi connectivity index (χ0) is 22.4. The molecule has 0 saturated heterocycles. The van der Waals surface area contributed by atoms with E-state index in [1.54, 1.807) is 18.2 Å². The molecule has 2 N–H and O–H groups in total. The lowest BCUT2D eigenvalue weighted by molar-refractivity contribution is -0.113. The molecule has 5 nitrogen and oxygen atoms in total. The van der Waals surface area contributed by atoms with E-state index in [-0.39, 0.29) is 22.2 Å². The number of methoxy groups -OCH3 is 1. The second kappa shape index (κ2) is 10.3.